The Morgan fingerprint density at radius 2 is 2.24 bits per heavy atom. The van der Waals surface area contributed by atoms with Gasteiger partial charge in [-0.1, -0.05) is 19.9 Å². The molecule has 96 valence electrons. The molecule has 17 heavy (non-hydrogen) atoms. The molecule has 0 atom stereocenters. The molecule has 0 aliphatic heterocycles. The van der Waals surface area contributed by atoms with Crippen molar-refractivity contribution in [1.82, 2.24) is 10.3 Å². The molecule has 1 aromatic heterocycles. The van der Waals surface area contributed by atoms with Crippen molar-refractivity contribution in [2.45, 2.75) is 33.4 Å². The van der Waals surface area contributed by atoms with Gasteiger partial charge in [-0.05, 0) is 13.0 Å². The highest BCUT2D eigenvalue weighted by molar-refractivity contribution is 5.46. The van der Waals surface area contributed by atoms with Crippen LogP contribution in [0.2, 0.25) is 0 Å². The Balaban J connectivity index is 2.81. The molecule has 2 N–H and O–H groups in total. The highest BCUT2D eigenvalue weighted by atomic mass is 16.3. The third-order valence-electron chi connectivity index (χ3n) is 2.62. The van der Waals surface area contributed by atoms with Crippen molar-refractivity contribution >= 4 is 5.82 Å². The zero-order chi connectivity index (χ0) is 12.7. The number of anilines is 1. The van der Waals surface area contributed by atoms with Gasteiger partial charge in [0.15, 0.2) is 0 Å². The predicted molar refractivity (Wildman–Crippen MR) is 71.2 cm³/mol. The summed E-state index contributed by atoms with van der Waals surface area (Å²) in [6.07, 6.45) is 1.80. The molecule has 0 bridgehead atoms. The van der Waals surface area contributed by atoms with Gasteiger partial charge >= 0.3 is 0 Å². The van der Waals surface area contributed by atoms with Gasteiger partial charge in [-0.3, -0.25) is 0 Å². The predicted octanol–water partition coefficient (Wildman–Crippen LogP) is 1.40. The maximum atomic E-state index is 9.05. The van der Waals surface area contributed by atoms with Crippen molar-refractivity contribution < 1.29 is 5.11 Å². The molecule has 0 aliphatic rings. The number of rotatable bonds is 7. The largest absolute Gasteiger partial charge is 0.395 e. The van der Waals surface area contributed by atoms with Gasteiger partial charge in [0, 0.05) is 37.4 Å². The zero-order valence-corrected chi connectivity index (χ0v) is 11.0. The highest BCUT2D eigenvalue weighted by Crippen LogP contribution is 2.16. The zero-order valence-electron chi connectivity index (χ0n) is 11.0. The third kappa shape index (κ3) is 4.32. The summed E-state index contributed by atoms with van der Waals surface area (Å²) < 4.78 is 0. The van der Waals surface area contributed by atoms with Crippen molar-refractivity contribution in [3.8, 4) is 0 Å². The second kappa shape index (κ2) is 7.25. The van der Waals surface area contributed by atoms with Gasteiger partial charge in [0.1, 0.15) is 5.82 Å². The van der Waals surface area contributed by atoms with E-state index in [1.54, 1.807) is 6.20 Å². The fourth-order valence-electron chi connectivity index (χ4n) is 1.70. The van der Waals surface area contributed by atoms with Gasteiger partial charge in [0.05, 0.1) is 6.61 Å². The molecule has 0 unspecified atom stereocenters. The van der Waals surface area contributed by atoms with Crippen LogP contribution in [0.3, 0.4) is 0 Å². The molecular formula is C13H23N3O. The van der Waals surface area contributed by atoms with E-state index in [1.165, 1.54) is 5.56 Å². The van der Waals surface area contributed by atoms with E-state index in [4.69, 9.17) is 5.11 Å². The Bertz CT molecular complexity index is 328. The number of aromatic nitrogens is 1. The van der Waals surface area contributed by atoms with Crippen LogP contribution in [-0.4, -0.2) is 35.8 Å². The molecule has 0 saturated carbocycles. The third-order valence-corrected chi connectivity index (χ3v) is 2.62. The van der Waals surface area contributed by atoms with E-state index in [2.05, 4.69) is 42.0 Å². The molecule has 1 aromatic rings. The topological polar surface area (TPSA) is 48.4 Å². The van der Waals surface area contributed by atoms with Gasteiger partial charge in [0.25, 0.3) is 0 Å². The lowest BCUT2D eigenvalue weighted by molar-refractivity contribution is 0.302. The smallest absolute Gasteiger partial charge is 0.133 e. The first-order valence-electron chi connectivity index (χ1n) is 6.22. The molecule has 0 fully saturated rings. The molecule has 4 nitrogen and oxygen atoms in total. The molecule has 1 heterocycles. The minimum Gasteiger partial charge on any atom is -0.395 e. The van der Waals surface area contributed by atoms with E-state index in [0.717, 1.165) is 18.9 Å². The number of aliphatic hydroxyl groups excluding tert-OH is 1. The molecule has 4 heteroatoms. The minimum atomic E-state index is 0.154. The summed E-state index contributed by atoms with van der Waals surface area (Å²) in [5, 5.41) is 12.4. The Labute approximate surface area is 104 Å². The van der Waals surface area contributed by atoms with Gasteiger partial charge in [-0.25, -0.2) is 4.98 Å². The Morgan fingerprint density at radius 3 is 2.82 bits per heavy atom. The van der Waals surface area contributed by atoms with Gasteiger partial charge in [-0.2, -0.15) is 0 Å². The SMILES string of the molecule is CCN(CCO)c1ncccc1CNC(C)C. The molecule has 0 saturated heterocycles. The first-order valence-corrected chi connectivity index (χ1v) is 6.22. The van der Waals surface area contributed by atoms with Gasteiger partial charge < -0.3 is 15.3 Å². The molecular weight excluding hydrogens is 214 g/mol. The quantitative estimate of drug-likeness (QED) is 0.752. The molecule has 0 radical (unpaired) electrons. The van der Waals surface area contributed by atoms with Crippen LogP contribution < -0.4 is 10.2 Å². The first kappa shape index (κ1) is 13.9. The number of nitrogens with zero attached hydrogens (tertiary/aromatic N) is 2. The van der Waals surface area contributed by atoms with Crippen LogP contribution in [0.4, 0.5) is 5.82 Å². The van der Waals surface area contributed by atoms with Crippen LogP contribution in [0.15, 0.2) is 18.3 Å². The van der Waals surface area contributed by atoms with E-state index in [9.17, 15) is 0 Å². The molecule has 0 aliphatic carbocycles. The van der Waals surface area contributed by atoms with Crippen LogP contribution in [-0.2, 0) is 6.54 Å². The Morgan fingerprint density at radius 1 is 1.47 bits per heavy atom. The Kier molecular flexibility index (Phi) is 5.94. The summed E-state index contributed by atoms with van der Waals surface area (Å²) in [6, 6.07) is 4.49. The molecule has 0 amide bonds. The van der Waals surface area contributed by atoms with Crippen LogP contribution in [0.1, 0.15) is 26.3 Å². The summed E-state index contributed by atoms with van der Waals surface area (Å²) in [5.41, 5.74) is 1.18. The van der Waals surface area contributed by atoms with Gasteiger partial charge in [0.2, 0.25) is 0 Å². The van der Waals surface area contributed by atoms with Crippen LogP contribution >= 0.6 is 0 Å². The lowest BCUT2D eigenvalue weighted by atomic mass is 10.2. The maximum absolute atomic E-state index is 9.05. The fraction of sp³-hybridized carbons (Fsp3) is 0.615. The van der Waals surface area contributed by atoms with Crippen LogP contribution in [0, 0.1) is 0 Å². The summed E-state index contributed by atoms with van der Waals surface area (Å²) in [6.45, 7) is 8.77. The van der Waals surface area contributed by atoms with E-state index in [0.29, 0.717) is 12.6 Å². The monoisotopic (exact) mass is 237 g/mol. The van der Waals surface area contributed by atoms with E-state index in [-0.39, 0.29) is 6.61 Å². The minimum absolute atomic E-state index is 0.154. The number of nitrogens with one attached hydrogen (secondary N) is 1. The van der Waals surface area contributed by atoms with E-state index >= 15 is 0 Å². The second-order valence-electron chi connectivity index (χ2n) is 4.33. The number of aliphatic hydroxyl groups is 1. The van der Waals surface area contributed by atoms with Crippen molar-refractivity contribution in [3.05, 3.63) is 23.9 Å². The van der Waals surface area contributed by atoms with Crippen molar-refractivity contribution in [2.75, 3.05) is 24.6 Å². The molecule has 0 aromatic carbocycles. The number of hydrogen-bond donors (Lipinski definition) is 2. The molecule has 1 rings (SSSR count). The lowest BCUT2D eigenvalue weighted by Gasteiger charge is -2.23. The van der Waals surface area contributed by atoms with E-state index < -0.39 is 0 Å². The van der Waals surface area contributed by atoms with Crippen LogP contribution in [0.5, 0.6) is 0 Å². The average Bonchev–Trinajstić information content (AvgIpc) is 2.34. The number of likely N-dealkylation sites (N-methyl/N-ethyl adjacent to an activating group) is 1. The van der Waals surface area contributed by atoms with Crippen molar-refractivity contribution in [3.63, 3.8) is 0 Å². The lowest BCUT2D eigenvalue weighted by Crippen LogP contribution is -2.30. The van der Waals surface area contributed by atoms with E-state index in [1.807, 2.05) is 6.07 Å². The fourth-order valence-corrected chi connectivity index (χ4v) is 1.70. The van der Waals surface area contributed by atoms with Gasteiger partial charge in [-0.15, -0.1) is 0 Å². The summed E-state index contributed by atoms with van der Waals surface area (Å²) >= 11 is 0. The number of hydrogen-bond acceptors (Lipinski definition) is 4. The standard InChI is InChI=1S/C13H23N3O/c1-4-16(8-9-17)13-12(6-5-7-14-13)10-15-11(2)3/h5-7,11,15,17H,4,8-10H2,1-3H3. The van der Waals surface area contributed by atoms with Crippen molar-refractivity contribution in [1.29, 1.82) is 0 Å². The van der Waals surface area contributed by atoms with Crippen molar-refractivity contribution in [2.24, 2.45) is 0 Å². The Hall–Kier alpha value is -1.13. The first-order chi connectivity index (χ1) is 8.19. The summed E-state index contributed by atoms with van der Waals surface area (Å²) in [4.78, 5) is 6.52. The summed E-state index contributed by atoms with van der Waals surface area (Å²) in [7, 11) is 0. The molecule has 0 spiro atoms. The summed E-state index contributed by atoms with van der Waals surface area (Å²) in [5.74, 6) is 0.970. The second-order valence-corrected chi connectivity index (χ2v) is 4.33. The highest BCUT2D eigenvalue weighted by Gasteiger charge is 2.10. The average molecular weight is 237 g/mol. The number of pyridine rings is 1. The maximum Gasteiger partial charge on any atom is 0.133 e. The normalized spacial score (nSPS) is 10.9. The van der Waals surface area contributed by atoms with Crippen LogP contribution in [0.25, 0.3) is 0 Å².